The van der Waals surface area contributed by atoms with E-state index in [2.05, 4.69) is 81.0 Å². The Morgan fingerprint density at radius 1 is 1.21 bits per heavy atom. The van der Waals surface area contributed by atoms with E-state index >= 15 is 0 Å². The van der Waals surface area contributed by atoms with Crippen molar-refractivity contribution in [2.45, 2.75) is 59.6 Å². The van der Waals surface area contributed by atoms with E-state index in [1.54, 1.807) is 18.3 Å². The SMILES string of the molecule is CCOC(=O)c1nc(N(C)c2cc(C)c(N=c3sc4ccccc4n3COCC[Si](C)(C)C)nn2)sc1CC(C)CI. The van der Waals surface area contributed by atoms with E-state index in [-0.39, 0.29) is 5.97 Å². The molecule has 0 aliphatic heterocycles. The van der Waals surface area contributed by atoms with Crippen molar-refractivity contribution < 1.29 is 14.3 Å². The Bertz CT molecular complexity index is 1600. The van der Waals surface area contributed by atoms with Gasteiger partial charge in [-0.05, 0) is 56.0 Å². The Balaban J connectivity index is 1.63. The Kier molecular flexibility index (Phi) is 11.3. The summed E-state index contributed by atoms with van der Waals surface area (Å²) in [6.45, 7) is 14.5. The lowest BCUT2D eigenvalue weighted by Crippen LogP contribution is -2.23. The summed E-state index contributed by atoms with van der Waals surface area (Å²) >= 11 is 5.47. The van der Waals surface area contributed by atoms with Gasteiger partial charge >= 0.3 is 5.97 Å². The van der Waals surface area contributed by atoms with Crippen LogP contribution in [0.4, 0.5) is 16.8 Å². The zero-order chi connectivity index (χ0) is 30.4. The Morgan fingerprint density at radius 2 is 1.98 bits per heavy atom. The molecule has 0 saturated carbocycles. The molecule has 42 heavy (non-hydrogen) atoms. The monoisotopic (exact) mass is 738 g/mol. The fraction of sp³-hybridized carbons (Fsp3) is 0.483. The minimum Gasteiger partial charge on any atom is -0.461 e. The Hall–Kier alpha value is -2.20. The molecule has 4 rings (SSSR count). The highest BCUT2D eigenvalue weighted by Gasteiger charge is 2.23. The second-order valence-electron chi connectivity index (χ2n) is 11.5. The van der Waals surface area contributed by atoms with Crippen LogP contribution in [-0.2, 0) is 22.6 Å². The number of esters is 1. The van der Waals surface area contributed by atoms with E-state index in [9.17, 15) is 4.79 Å². The van der Waals surface area contributed by atoms with Crippen LogP contribution in [-0.4, -0.2) is 58.5 Å². The van der Waals surface area contributed by atoms with Crippen molar-refractivity contribution in [3.05, 3.63) is 51.3 Å². The number of thiazole rings is 2. The summed E-state index contributed by atoms with van der Waals surface area (Å²) in [6, 6.07) is 11.3. The predicted molar refractivity (Wildman–Crippen MR) is 184 cm³/mol. The first-order valence-corrected chi connectivity index (χ1v) is 20.9. The quantitative estimate of drug-likeness (QED) is 0.0465. The highest BCUT2D eigenvalue weighted by Crippen LogP contribution is 2.33. The third-order valence-electron chi connectivity index (χ3n) is 6.53. The van der Waals surface area contributed by atoms with Crippen molar-refractivity contribution in [2.24, 2.45) is 10.9 Å². The van der Waals surface area contributed by atoms with E-state index in [0.717, 1.165) is 49.0 Å². The first kappa shape index (κ1) is 32.7. The third-order valence-corrected chi connectivity index (χ3v) is 12.0. The topological polar surface area (TPSA) is 94.7 Å². The minimum atomic E-state index is -1.18. The summed E-state index contributed by atoms with van der Waals surface area (Å²) in [6.07, 6.45) is 0.766. The number of halogens is 1. The van der Waals surface area contributed by atoms with Gasteiger partial charge in [0.1, 0.15) is 6.73 Å². The normalized spacial score (nSPS) is 13.1. The lowest BCUT2D eigenvalue weighted by Gasteiger charge is -2.16. The highest BCUT2D eigenvalue weighted by molar-refractivity contribution is 14.1. The molecule has 0 aliphatic carbocycles. The number of benzene rings is 1. The number of carbonyl (C=O) groups excluding carboxylic acids is 1. The Labute approximate surface area is 270 Å². The summed E-state index contributed by atoms with van der Waals surface area (Å²) in [7, 11) is 0.707. The second-order valence-corrected chi connectivity index (χ2v) is 20.0. The molecule has 226 valence electrons. The van der Waals surface area contributed by atoms with Crippen LogP contribution < -0.4 is 9.70 Å². The van der Waals surface area contributed by atoms with Gasteiger partial charge in [-0.15, -0.1) is 21.5 Å². The number of aromatic nitrogens is 4. The standard InChI is InChI=1S/C29H39IN6O3S2Si/c1-8-39-27(37)25-23(15-19(2)17-30)41-28(31-25)35(4)24-16-20(3)26(34-33-24)32-29-36(18-38-13-14-42(5,6)7)21-11-9-10-12-22(21)40-29/h9-12,16,19H,8,13-15,17-18H2,1-7H3. The molecule has 3 heterocycles. The zero-order valence-electron chi connectivity index (χ0n) is 25.3. The molecule has 0 fully saturated rings. The van der Waals surface area contributed by atoms with Crippen LogP contribution in [0.15, 0.2) is 35.3 Å². The molecule has 0 radical (unpaired) electrons. The van der Waals surface area contributed by atoms with Crippen LogP contribution in [0.25, 0.3) is 10.2 Å². The first-order chi connectivity index (χ1) is 20.0. The minimum absolute atomic E-state index is 0.308. The number of alkyl halides is 1. The van der Waals surface area contributed by atoms with Gasteiger partial charge in [-0.2, -0.15) is 4.99 Å². The average Bonchev–Trinajstić information content (AvgIpc) is 3.52. The maximum Gasteiger partial charge on any atom is 0.358 e. The number of hydrogen-bond donors (Lipinski definition) is 0. The Morgan fingerprint density at radius 3 is 2.67 bits per heavy atom. The van der Waals surface area contributed by atoms with E-state index < -0.39 is 8.07 Å². The molecule has 0 bridgehead atoms. The van der Waals surface area contributed by atoms with Gasteiger partial charge in [0.25, 0.3) is 0 Å². The van der Waals surface area contributed by atoms with Crippen molar-refractivity contribution in [2.75, 3.05) is 29.6 Å². The van der Waals surface area contributed by atoms with Crippen LogP contribution in [0.5, 0.6) is 0 Å². The summed E-state index contributed by atoms with van der Waals surface area (Å²) in [5.74, 6) is 1.21. The summed E-state index contributed by atoms with van der Waals surface area (Å²) in [5.41, 5.74) is 2.36. The molecule has 0 amide bonds. The molecule has 4 aromatic rings. The van der Waals surface area contributed by atoms with E-state index in [4.69, 9.17) is 14.5 Å². The molecule has 1 atom stereocenters. The molecule has 0 aliphatic rings. The van der Waals surface area contributed by atoms with Crippen LogP contribution in [0.2, 0.25) is 25.7 Å². The smallest absolute Gasteiger partial charge is 0.358 e. The number of hydrogen-bond acceptors (Lipinski definition) is 10. The summed E-state index contributed by atoms with van der Waals surface area (Å²) in [4.78, 5) is 25.8. The molecule has 9 nitrogen and oxygen atoms in total. The van der Waals surface area contributed by atoms with Crippen molar-refractivity contribution in [1.29, 1.82) is 0 Å². The molecular weight excluding hydrogens is 699 g/mol. The molecule has 0 spiro atoms. The number of nitrogens with zero attached hydrogens (tertiary/aromatic N) is 6. The number of aryl methyl sites for hydroxylation is 1. The molecule has 13 heteroatoms. The van der Waals surface area contributed by atoms with Crippen LogP contribution >= 0.6 is 45.3 Å². The molecule has 0 saturated heterocycles. The van der Waals surface area contributed by atoms with Gasteiger partial charge in [0.05, 0.1) is 16.8 Å². The average molecular weight is 739 g/mol. The van der Waals surface area contributed by atoms with Crippen molar-refractivity contribution >= 4 is 86.3 Å². The predicted octanol–water partition coefficient (Wildman–Crippen LogP) is 7.36. The van der Waals surface area contributed by atoms with Crippen molar-refractivity contribution in [1.82, 2.24) is 19.7 Å². The number of anilines is 2. The third kappa shape index (κ3) is 8.24. The molecule has 0 N–H and O–H groups in total. The van der Waals surface area contributed by atoms with Gasteiger partial charge in [0.15, 0.2) is 27.3 Å². The number of fused-ring (bicyclic) bond motifs is 1. The summed E-state index contributed by atoms with van der Waals surface area (Å²) < 4.78 is 15.6. The van der Waals surface area contributed by atoms with Gasteiger partial charge in [-0.3, -0.25) is 4.57 Å². The summed E-state index contributed by atoms with van der Waals surface area (Å²) in [5, 5.41) is 9.67. The van der Waals surface area contributed by atoms with Gasteiger partial charge in [-0.25, -0.2) is 9.78 Å². The largest absolute Gasteiger partial charge is 0.461 e. The van der Waals surface area contributed by atoms with E-state index in [1.807, 2.05) is 37.1 Å². The van der Waals surface area contributed by atoms with E-state index in [1.165, 1.54) is 11.3 Å². The fourth-order valence-electron chi connectivity index (χ4n) is 4.04. The maximum absolute atomic E-state index is 12.7. The van der Waals surface area contributed by atoms with Gasteiger partial charge < -0.3 is 14.4 Å². The number of carbonyl (C=O) groups is 1. The fourth-order valence-corrected chi connectivity index (χ4v) is 7.31. The van der Waals surface area contributed by atoms with Crippen molar-refractivity contribution in [3.8, 4) is 0 Å². The first-order valence-electron chi connectivity index (χ1n) is 14.0. The number of rotatable bonds is 13. The maximum atomic E-state index is 12.7. The van der Waals surface area contributed by atoms with E-state index in [0.29, 0.717) is 41.7 Å². The molecule has 1 unspecified atom stereocenters. The highest BCUT2D eigenvalue weighted by atomic mass is 127. The van der Waals surface area contributed by atoms with Gasteiger partial charge in [-0.1, -0.05) is 72.6 Å². The van der Waals surface area contributed by atoms with Crippen LogP contribution in [0.1, 0.15) is 34.8 Å². The molecule has 1 aromatic carbocycles. The van der Waals surface area contributed by atoms with Crippen LogP contribution in [0, 0.1) is 12.8 Å². The van der Waals surface area contributed by atoms with Crippen LogP contribution in [0.3, 0.4) is 0 Å². The number of para-hydroxylation sites is 1. The zero-order valence-corrected chi connectivity index (χ0v) is 30.1. The molecule has 3 aromatic heterocycles. The van der Waals surface area contributed by atoms with Crippen molar-refractivity contribution in [3.63, 3.8) is 0 Å². The molecular formula is C29H39IN6O3S2Si. The number of ether oxygens (including phenoxy) is 2. The lowest BCUT2D eigenvalue weighted by molar-refractivity contribution is 0.0519. The van der Waals surface area contributed by atoms with Gasteiger partial charge in [0, 0.05) is 31.0 Å². The lowest BCUT2D eigenvalue weighted by atomic mass is 10.1. The van der Waals surface area contributed by atoms with Gasteiger partial charge in [0.2, 0.25) is 0 Å². The second kappa shape index (κ2) is 14.5.